The number of anilines is 1. The first kappa shape index (κ1) is 14.4. The fourth-order valence-electron chi connectivity index (χ4n) is 2.15. The Balaban J connectivity index is 1.56. The number of aromatic nitrogens is 4. The van der Waals surface area contributed by atoms with E-state index >= 15 is 0 Å². The molecule has 120 valence electrons. The molecular weight excluding hydrogens is 330 g/mol. The van der Waals surface area contributed by atoms with Crippen LogP contribution in [0, 0.1) is 6.92 Å². The highest BCUT2D eigenvalue weighted by atomic mass is 32.1. The Labute approximate surface area is 139 Å². The number of thiophene rings is 1. The second-order valence-corrected chi connectivity index (χ2v) is 5.82. The predicted octanol–water partition coefficient (Wildman–Crippen LogP) is 3.34. The van der Waals surface area contributed by atoms with Crippen LogP contribution in [0.2, 0.25) is 0 Å². The van der Waals surface area contributed by atoms with Crippen LogP contribution in [0.25, 0.3) is 22.2 Å². The first-order valence-electron chi connectivity index (χ1n) is 6.99. The van der Waals surface area contributed by atoms with Crippen LogP contribution in [0.3, 0.4) is 0 Å². The van der Waals surface area contributed by atoms with E-state index in [0.29, 0.717) is 33.7 Å². The van der Waals surface area contributed by atoms with Crippen molar-refractivity contribution in [3.63, 3.8) is 0 Å². The lowest BCUT2D eigenvalue weighted by Crippen LogP contribution is -2.12. The van der Waals surface area contributed by atoms with Gasteiger partial charge < -0.3 is 14.3 Å². The maximum atomic E-state index is 12.4. The first-order chi connectivity index (χ1) is 11.7. The minimum Gasteiger partial charge on any atom is -0.463 e. The van der Waals surface area contributed by atoms with Crippen LogP contribution in [-0.2, 0) is 0 Å². The molecule has 0 aliphatic carbocycles. The van der Waals surface area contributed by atoms with Gasteiger partial charge in [-0.2, -0.15) is 10.1 Å². The maximum Gasteiger partial charge on any atom is 0.276 e. The second kappa shape index (κ2) is 5.78. The van der Waals surface area contributed by atoms with E-state index in [2.05, 4.69) is 25.7 Å². The molecule has 9 heteroatoms. The number of rotatable bonds is 4. The van der Waals surface area contributed by atoms with Gasteiger partial charge in [-0.3, -0.25) is 9.89 Å². The molecule has 0 bridgehead atoms. The summed E-state index contributed by atoms with van der Waals surface area (Å²) in [5, 5.41) is 15.2. The molecule has 0 unspecified atom stereocenters. The average molecular weight is 341 g/mol. The third kappa shape index (κ3) is 2.61. The van der Waals surface area contributed by atoms with Gasteiger partial charge in [0.2, 0.25) is 0 Å². The van der Waals surface area contributed by atoms with Crippen molar-refractivity contribution in [2.45, 2.75) is 6.92 Å². The summed E-state index contributed by atoms with van der Waals surface area (Å²) in [5.41, 5.74) is 1.47. The van der Waals surface area contributed by atoms with Gasteiger partial charge in [0.15, 0.2) is 17.3 Å². The molecule has 0 aliphatic heterocycles. The van der Waals surface area contributed by atoms with E-state index < -0.39 is 0 Å². The van der Waals surface area contributed by atoms with Gasteiger partial charge in [-0.05, 0) is 30.5 Å². The van der Waals surface area contributed by atoms with Crippen molar-refractivity contribution >= 4 is 22.9 Å². The largest absolute Gasteiger partial charge is 0.463 e. The van der Waals surface area contributed by atoms with Crippen LogP contribution in [0.5, 0.6) is 0 Å². The van der Waals surface area contributed by atoms with E-state index in [1.165, 1.54) is 11.3 Å². The molecule has 0 radical (unpaired) electrons. The van der Waals surface area contributed by atoms with Gasteiger partial charge in [-0.1, -0.05) is 5.16 Å². The molecule has 0 fully saturated rings. The number of hydrogen-bond acceptors (Lipinski definition) is 7. The van der Waals surface area contributed by atoms with Crippen molar-refractivity contribution in [1.29, 1.82) is 0 Å². The van der Waals surface area contributed by atoms with E-state index in [4.69, 9.17) is 8.94 Å². The number of nitrogens with one attached hydrogen (secondary N) is 2. The smallest absolute Gasteiger partial charge is 0.276 e. The first-order valence-corrected chi connectivity index (χ1v) is 7.87. The molecule has 0 atom stereocenters. The molecule has 2 N–H and O–H groups in total. The van der Waals surface area contributed by atoms with Gasteiger partial charge in [0.05, 0.1) is 12.0 Å². The Morgan fingerprint density at radius 3 is 3.04 bits per heavy atom. The standard InChI is InChI=1S/C15H11N5O3S/c1-8-16-15(23-20-8)13-9(4-6-24-13)17-14(21)11-7-10(18-19-11)12-3-2-5-22-12/h2-7H,1H3,(H,17,21)(H,18,19). The Morgan fingerprint density at radius 1 is 1.38 bits per heavy atom. The lowest BCUT2D eigenvalue weighted by Gasteiger charge is -2.01. The Kier molecular flexibility index (Phi) is 3.47. The molecule has 0 aliphatic rings. The van der Waals surface area contributed by atoms with Crippen LogP contribution in [-0.4, -0.2) is 26.2 Å². The molecule has 0 saturated carbocycles. The highest BCUT2D eigenvalue weighted by Crippen LogP contribution is 2.32. The third-order valence-corrected chi connectivity index (χ3v) is 4.13. The highest BCUT2D eigenvalue weighted by molar-refractivity contribution is 7.14. The number of nitrogens with zero attached hydrogens (tertiary/aromatic N) is 3. The normalized spacial score (nSPS) is 10.9. The minimum atomic E-state index is -0.347. The number of carbonyl (C=O) groups is 1. The Hall–Kier alpha value is -3.20. The molecule has 0 aromatic carbocycles. The quantitative estimate of drug-likeness (QED) is 0.589. The topological polar surface area (TPSA) is 110 Å². The molecule has 4 rings (SSSR count). The van der Waals surface area contributed by atoms with E-state index in [1.807, 2.05) is 5.38 Å². The zero-order chi connectivity index (χ0) is 16.5. The number of hydrogen-bond donors (Lipinski definition) is 2. The Morgan fingerprint density at radius 2 is 2.29 bits per heavy atom. The van der Waals surface area contributed by atoms with E-state index in [-0.39, 0.29) is 11.6 Å². The molecule has 1 amide bonds. The van der Waals surface area contributed by atoms with E-state index in [1.54, 1.807) is 37.5 Å². The van der Waals surface area contributed by atoms with Gasteiger partial charge in [-0.15, -0.1) is 11.3 Å². The summed E-state index contributed by atoms with van der Waals surface area (Å²) in [6.07, 6.45) is 1.56. The molecule has 0 spiro atoms. The maximum absolute atomic E-state index is 12.4. The number of aryl methyl sites for hydroxylation is 1. The van der Waals surface area contributed by atoms with Crippen molar-refractivity contribution in [3.05, 3.63) is 47.4 Å². The highest BCUT2D eigenvalue weighted by Gasteiger charge is 2.18. The zero-order valence-electron chi connectivity index (χ0n) is 12.4. The molecule has 4 aromatic heterocycles. The summed E-state index contributed by atoms with van der Waals surface area (Å²) in [6, 6.07) is 6.94. The molecule has 4 heterocycles. The fraction of sp³-hybridized carbons (Fsp3) is 0.0667. The van der Waals surface area contributed by atoms with Crippen LogP contribution in [0.1, 0.15) is 16.3 Å². The van der Waals surface area contributed by atoms with Gasteiger partial charge in [-0.25, -0.2) is 0 Å². The number of aromatic amines is 1. The van der Waals surface area contributed by atoms with Crippen LogP contribution in [0.4, 0.5) is 5.69 Å². The summed E-state index contributed by atoms with van der Waals surface area (Å²) in [6.45, 7) is 1.73. The number of carbonyl (C=O) groups excluding carboxylic acids is 1. The van der Waals surface area contributed by atoms with Gasteiger partial charge in [0, 0.05) is 6.07 Å². The third-order valence-electron chi connectivity index (χ3n) is 3.23. The number of furan rings is 1. The predicted molar refractivity (Wildman–Crippen MR) is 86.6 cm³/mol. The molecule has 4 aromatic rings. The Bertz CT molecular complexity index is 983. The number of H-pyrrole nitrogens is 1. The molecule has 8 nitrogen and oxygen atoms in total. The average Bonchev–Trinajstić information content (AvgIpc) is 3.34. The van der Waals surface area contributed by atoms with Crippen molar-refractivity contribution in [2.75, 3.05) is 5.32 Å². The van der Waals surface area contributed by atoms with Gasteiger partial charge in [0.25, 0.3) is 11.8 Å². The summed E-state index contributed by atoms with van der Waals surface area (Å²) in [7, 11) is 0. The lowest BCUT2D eigenvalue weighted by atomic mass is 10.3. The van der Waals surface area contributed by atoms with Crippen LogP contribution >= 0.6 is 11.3 Å². The van der Waals surface area contributed by atoms with Gasteiger partial charge in [0.1, 0.15) is 10.6 Å². The summed E-state index contributed by atoms with van der Waals surface area (Å²) < 4.78 is 10.4. The zero-order valence-corrected chi connectivity index (χ0v) is 13.3. The monoisotopic (exact) mass is 341 g/mol. The van der Waals surface area contributed by atoms with Crippen LogP contribution in [0.15, 0.2) is 44.8 Å². The molecule has 0 saturated heterocycles. The van der Waals surface area contributed by atoms with Crippen molar-refractivity contribution in [2.24, 2.45) is 0 Å². The summed E-state index contributed by atoms with van der Waals surface area (Å²) in [5.74, 6) is 1.17. The number of amides is 1. The van der Waals surface area contributed by atoms with E-state index in [0.717, 1.165) is 0 Å². The SMILES string of the molecule is Cc1noc(-c2sccc2NC(=O)c2cc(-c3ccco3)[nH]n2)n1. The van der Waals surface area contributed by atoms with E-state index in [9.17, 15) is 4.79 Å². The van der Waals surface area contributed by atoms with Crippen molar-refractivity contribution < 1.29 is 13.7 Å². The van der Waals surface area contributed by atoms with Crippen molar-refractivity contribution in [3.8, 4) is 22.2 Å². The van der Waals surface area contributed by atoms with Crippen molar-refractivity contribution in [1.82, 2.24) is 20.3 Å². The molecular formula is C15H11N5O3S. The van der Waals surface area contributed by atoms with Crippen LogP contribution < -0.4 is 5.32 Å². The van der Waals surface area contributed by atoms with Gasteiger partial charge >= 0.3 is 0 Å². The second-order valence-electron chi connectivity index (χ2n) is 4.91. The fourth-order valence-corrected chi connectivity index (χ4v) is 2.92. The minimum absolute atomic E-state index is 0.250. The molecule has 24 heavy (non-hydrogen) atoms. The summed E-state index contributed by atoms with van der Waals surface area (Å²) in [4.78, 5) is 17.3. The summed E-state index contributed by atoms with van der Waals surface area (Å²) >= 11 is 1.40. The lowest BCUT2D eigenvalue weighted by molar-refractivity contribution is 0.102.